The van der Waals surface area contributed by atoms with Crippen molar-refractivity contribution in [2.24, 2.45) is 0 Å². The van der Waals surface area contributed by atoms with E-state index in [1.54, 1.807) is 21.0 Å². The van der Waals surface area contributed by atoms with Gasteiger partial charge in [-0.25, -0.2) is 8.42 Å². The molecule has 2 atom stereocenters. The fraction of sp³-hybridized carbons (Fsp3) is 0.523. The number of likely N-dealkylation sites (N-methyl/N-ethyl adjacent to an activating group) is 1. The Bertz CT molecular complexity index is 2380. The molecule has 2 aliphatic carbocycles. The van der Waals surface area contributed by atoms with Gasteiger partial charge in [-0.2, -0.15) is 5.10 Å². The highest BCUT2D eigenvalue weighted by molar-refractivity contribution is 7.90. The third kappa shape index (κ3) is 6.27. The van der Waals surface area contributed by atoms with Crippen LogP contribution in [0.3, 0.4) is 0 Å². The van der Waals surface area contributed by atoms with Crippen LogP contribution >= 0.6 is 0 Å². The summed E-state index contributed by atoms with van der Waals surface area (Å²) in [5.41, 5.74) is 9.80. The molecule has 11 nitrogen and oxygen atoms in total. The number of nitrogens with one attached hydrogen (secondary N) is 1. The number of carbonyl (C=O) groups is 2. The molecule has 0 spiro atoms. The summed E-state index contributed by atoms with van der Waals surface area (Å²) >= 11 is 0. The highest BCUT2D eigenvalue weighted by atomic mass is 32.2. The summed E-state index contributed by atoms with van der Waals surface area (Å²) in [6.07, 6.45) is 12.2. The van der Waals surface area contributed by atoms with Gasteiger partial charge in [-0.15, -0.1) is 0 Å². The number of carbonyl (C=O) groups excluding carboxylic acids is 2. The lowest BCUT2D eigenvalue weighted by Gasteiger charge is -2.32. The molecule has 4 fully saturated rings. The number of benzene rings is 2. The van der Waals surface area contributed by atoms with Gasteiger partial charge in [0.1, 0.15) is 5.75 Å². The Morgan fingerprint density at radius 1 is 0.946 bits per heavy atom. The highest BCUT2D eigenvalue weighted by Gasteiger charge is 2.45. The van der Waals surface area contributed by atoms with E-state index in [9.17, 15) is 18.0 Å². The zero-order chi connectivity index (χ0) is 39.0. The SMILES string of the molecule is COc1ccc2c(c1)C=C(c1c(C(=O)N3C[C@H]4C[C@@H]3CN4C)c(C)nn1C1CCC1)Cn1c-2c(C2CCCCC2)c2ccc(CC(=O)NS(=O)(=O)C(C)C)cc21. The molecular formula is C44H54N6O5S. The Kier molecular flexibility index (Phi) is 9.42. The van der Waals surface area contributed by atoms with Gasteiger partial charge in [0.25, 0.3) is 5.91 Å². The van der Waals surface area contributed by atoms with Crippen molar-refractivity contribution in [2.75, 3.05) is 27.2 Å². The number of hydrogen-bond donors (Lipinski definition) is 1. The molecule has 2 saturated carbocycles. The lowest BCUT2D eigenvalue weighted by molar-refractivity contribution is -0.118. The second-order valence-electron chi connectivity index (χ2n) is 17.2. The van der Waals surface area contributed by atoms with Crippen molar-refractivity contribution in [3.63, 3.8) is 0 Å². The molecule has 0 unspecified atom stereocenters. The van der Waals surface area contributed by atoms with Crippen LogP contribution in [0, 0.1) is 6.92 Å². The van der Waals surface area contributed by atoms with Crippen LogP contribution in [0.1, 0.15) is 122 Å². The second-order valence-corrected chi connectivity index (χ2v) is 19.5. The van der Waals surface area contributed by atoms with Gasteiger partial charge in [0, 0.05) is 41.6 Å². The van der Waals surface area contributed by atoms with Gasteiger partial charge < -0.3 is 14.2 Å². The van der Waals surface area contributed by atoms with Crippen molar-refractivity contribution in [1.29, 1.82) is 0 Å². The number of rotatable bonds is 9. The quantitative estimate of drug-likeness (QED) is 0.193. The van der Waals surface area contributed by atoms with E-state index >= 15 is 0 Å². The predicted octanol–water partition coefficient (Wildman–Crippen LogP) is 7.07. The van der Waals surface area contributed by atoms with Crippen LogP contribution in [0.5, 0.6) is 5.75 Å². The molecule has 5 heterocycles. The molecular weight excluding hydrogens is 725 g/mol. The van der Waals surface area contributed by atoms with E-state index in [-0.39, 0.29) is 24.4 Å². The molecule has 2 amide bonds. The van der Waals surface area contributed by atoms with Gasteiger partial charge in [0.15, 0.2) is 0 Å². The zero-order valence-electron chi connectivity index (χ0n) is 33.3. The molecule has 2 aromatic heterocycles. The lowest BCUT2D eigenvalue weighted by atomic mass is 9.81. The summed E-state index contributed by atoms with van der Waals surface area (Å²) in [4.78, 5) is 32.5. The Balaban J connectivity index is 1.23. The number of ether oxygens (including phenoxy) is 1. The van der Waals surface area contributed by atoms with Crippen molar-refractivity contribution in [3.05, 3.63) is 70.0 Å². The first-order valence-electron chi connectivity index (χ1n) is 20.6. The monoisotopic (exact) mass is 778 g/mol. The normalized spacial score (nSPS) is 21.5. The molecule has 2 aromatic carbocycles. The number of aromatic nitrogens is 3. The van der Waals surface area contributed by atoms with Crippen LogP contribution in [-0.2, 0) is 27.8 Å². The summed E-state index contributed by atoms with van der Waals surface area (Å²) in [5.74, 6) is 0.666. The number of piperazine rings is 1. The Labute approximate surface area is 330 Å². The maximum atomic E-state index is 14.9. The fourth-order valence-corrected chi connectivity index (χ4v) is 10.7. The van der Waals surface area contributed by atoms with E-state index in [4.69, 9.17) is 9.84 Å². The van der Waals surface area contributed by atoms with Gasteiger partial charge >= 0.3 is 0 Å². The number of fused-ring (bicyclic) bond motifs is 7. The number of likely N-dealkylation sites (tertiary alicyclic amines) is 2. The first-order chi connectivity index (χ1) is 26.9. The molecule has 0 radical (unpaired) electrons. The molecule has 3 aliphatic heterocycles. The summed E-state index contributed by atoms with van der Waals surface area (Å²) < 4.78 is 37.9. The van der Waals surface area contributed by atoms with Gasteiger partial charge in [-0.05, 0) is 125 Å². The summed E-state index contributed by atoms with van der Waals surface area (Å²) in [5, 5.41) is 5.62. The van der Waals surface area contributed by atoms with Gasteiger partial charge in [0.2, 0.25) is 15.9 Å². The smallest absolute Gasteiger partial charge is 0.258 e. The molecule has 5 aliphatic rings. The van der Waals surface area contributed by atoms with E-state index in [0.29, 0.717) is 24.1 Å². The number of amides is 2. The van der Waals surface area contributed by atoms with E-state index < -0.39 is 21.2 Å². The molecule has 296 valence electrons. The van der Waals surface area contributed by atoms with E-state index in [0.717, 1.165) is 102 Å². The Morgan fingerprint density at radius 2 is 1.73 bits per heavy atom. The minimum Gasteiger partial charge on any atom is -0.497 e. The first kappa shape index (κ1) is 37.2. The Morgan fingerprint density at radius 3 is 2.39 bits per heavy atom. The predicted molar refractivity (Wildman–Crippen MR) is 219 cm³/mol. The van der Waals surface area contributed by atoms with Crippen molar-refractivity contribution in [3.8, 4) is 17.0 Å². The average Bonchev–Trinajstić information content (AvgIpc) is 3.87. The fourth-order valence-electron chi connectivity index (χ4n) is 10.1. The summed E-state index contributed by atoms with van der Waals surface area (Å²) in [7, 11) is 0.0969. The van der Waals surface area contributed by atoms with E-state index in [1.807, 2.05) is 19.1 Å². The number of allylic oxidation sites excluding steroid dienone is 1. The van der Waals surface area contributed by atoms with Crippen molar-refractivity contribution >= 4 is 44.4 Å². The van der Waals surface area contributed by atoms with Crippen LogP contribution in [0.2, 0.25) is 0 Å². The van der Waals surface area contributed by atoms with Crippen molar-refractivity contribution < 1.29 is 22.7 Å². The Hall–Kier alpha value is -4.42. The molecule has 12 heteroatoms. The lowest BCUT2D eigenvalue weighted by Crippen LogP contribution is -2.47. The van der Waals surface area contributed by atoms with Crippen LogP contribution in [0.15, 0.2) is 36.4 Å². The largest absolute Gasteiger partial charge is 0.497 e. The van der Waals surface area contributed by atoms with Gasteiger partial charge in [-0.1, -0.05) is 31.4 Å². The molecule has 4 aromatic rings. The standard InChI is InChI=1S/C44H54N6O5S/c1-26(2)56(53,54)46-39(51)19-28-14-16-37-38(18-28)49-23-31(20-30-21-35(55-5)15-17-36(30)43(49)41(37)29-10-7-6-8-11-29)42-40(27(3)45-50(42)32-12-9-13-32)44(52)48-25-33-22-34(48)24-47(33)4/h14-18,20-21,26,29,32-34H,6-13,19,22-25H2,1-5H3,(H,46,51)/t33-,34-/m1/s1. The highest BCUT2D eigenvalue weighted by Crippen LogP contribution is 2.49. The van der Waals surface area contributed by atoms with Crippen LogP contribution in [0.4, 0.5) is 0 Å². The van der Waals surface area contributed by atoms with Gasteiger partial charge in [0.05, 0.1) is 54.0 Å². The average molecular weight is 779 g/mol. The van der Waals surface area contributed by atoms with Crippen LogP contribution in [-0.4, -0.2) is 89.0 Å². The minimum absolute atomic E-state index is 0.0584. The number of sulfonamides is 1. The summed E-state index contributed by atoms with van der Waals surface area (Å²) in [6.45, 7) is 7.25. The zero-order valence-corrected chi connectivity index (χ0v) is 34.1. The second kappa shape index (κ2) is 14.2. The molecule has 9 rings (SSSR count). The third-order valence-electron chi connectivity index (χ3n) is 13.4. The number of hydrogen-bond acceptors (Lipinski definition) is 7. The van der Waals surface area contributed by atoms with Crippen LogP contribution < -0.4 is 9.46 Å². The molecule has 56 heavy (non-hydrogen) atoms. The van der Waals surface area contributed by atoms with Crippen molar-refractivity contribution in [1.82, 2.24) is 28.9 Å². The van der Waals surface area contributed by atoms with Gasteiger partial charge in [-0.3, -0.25) is 23.9 Å². The molecule has 2 bridgehead atoms. The van der Waals surface area contributed by atoms with Crippen LogP contribution in [0.25, 0.3) is 33.8 Å². The molecule has 2 saturated heterocycles. The minimum atomic E-state index is -3.76. The first-order valence-corrected chi connectivity index (χ1v) is 22.2. The topological polar surface area (TPSA) is 119 Å². The third-order valence-corrected chi connectivity index (χ3v) is 15.1. The van der Waals surface area contributed by atoms with E-state index in [2.05, 4.69) is 61.2 Å². The maximum Gasteiger partial charge on any atom is 0.258 e. The maximum absolute atomic E-state index is 14.9. The van der Waals surface area contributed by atoms with Crippen molar-refractivity contribution in [2.45, 2.75) is 121 Å². The van der Waals surface area contributed by atoms with E-state index in [1.165, 1.54) is 30.5 Å². The number of methoxy groups -OCH3 is 1. The number of nitrogens with zero attached hydrogens (tertiary/aromatic N) is 5. The molecule has 1 N–H and O–H groups in total. The summed E-state index contributed by atoms with van der Waals surface area (Å²) in [6, 6.07) is 13.3. The number of aryl methyl sites for hydroxylation is 1.